The summed E-state index contributed by atoms with van der Waals surface area (Å²) in [7, 11) is 0. The Bertz CT molecular complexity index is 227. The maximum absolute atomic E-state index is 11.7. The lowest BCUT2D eigenvalue weighted by Gasteiger charge is -2.26. The van der Waals surface area contributed by atoms with Crippen LogP contribution < -0.4 is 5.32 Å². The largest absolute Gasteiger partial charge is 0.444 e. The highest BCUT2D eigenvalue weighted by Gasteiger charge is 2.26. The van der Waals surface area contributed by atoms with Gasteiger partial charge in [-0.15, -0.1) is 0 Å². The van der Waals surface area contributed by atoms with Crippen LogP contribution in [0.5, 0.6) is 0 Å². The zero-order valence-electron chi connectivity index (χ0n) is 11.0. The van der Waals surface area contributed by atoms with E-state index in [2.05, 4.69) is 12.2 Å². The van der Waals surface area contributed by atoms with Crippen molar-refractivity contribution in [2.24, 2.45) is 5.92 Å². The van der Waals surface area contributed by atoms with Gasteiger partial charge in [0.05, 0.1) is 0 Å². The number of hydrogen-bond donors (Lipinski definition) is 1. The number of amides is 1. The normalized spacial score (nSPS) is 19.5. The molecule has 0 aromatic carbocycles. The first-order valence-electron chi connectivity index (χ1n) is 6.42. The zero-order valence-corrected chi connectivity index (χ0v) is 11.0. The topological polar surface area (TPSA) is 38.3 Å². The monoisotopic (exact) mass is 227 g/mol. The SMILES string of the molecule is CCC(NC(=O)OC(C)(C)C)C1CCCC1. The molecule has 0 heterocycles. The number of nitrogens with one attached hydrogen (secondary N) is 1. The van der Waals surface area contributed by atoms with Crippen molar-refractivity contribution in [1.29, 1.82) is 0 Å². The molecule has 0 aromatic rings. The molecule has 3 heteroatoms. The molecule has 0 aromatic heterocycles. The van der Waals surface area contributed by atoms with Crippen molar-refractivity contribution >= 4 is 6.09 Å². The summed E-state index contributed by atoms with van der Waals surface area (Å²) in [5.41, 5.74) is -0.405. The Balaban J connectivity index is 2.40. The molecule has 0 bridgehead atoms. The molecule has 0 radical (unpaired) electrons. The number of alkyl carbamates (subject to hydrolysis) is 1. The molecule has 1 atom stereocenters. The van der Waals surface area contributed by atoms with Crippen LogP contribution in [0.2, 0.25) is 0 Å². The third kappa shape index (κ3) is 4.42. The highest BCUT2D eigenvalue weighted by Crippen LogP contribution is 2.29. The van der Waals surface area contributed by atoms with Gasteiger partial charge in [0.25, 0.3) is 0 Å². The number of carbonyl (C=O) groups is 1. The second kappa shape index (κ2) is 5.55. The standard InChI is InChI=1S/C13H25NO2/c1-5-11(10-8-6-7-9-10)14-12(15)16-13(2,3)4/h10-11H,5-9H2,1-4H3,(H,14,15). The van der Waals surface area contributed by atoms with Gasteiger partial charge in [-0.25, -0.2) is 4.79 Å². The van der Waals surface area contributed by atoms with Crippen molar-refractivity contribution in [2.45, 2.75) is 71.4 Å². The van der Waals surface area contributed by atoms with Crippen LogP contribution in [0.3, 0.4) is 0 Å². The van der Waals surface area contributed by atoms with Gasteiger partial charge in [0, 0.05) is 6.04 Å². The molecule has 16 heavy (non-hydrogen) atoms. The number of hydrogen-bond acceptors (Lipinski definition) is 2. The lowest BCUT2D eigenvalue weighted by atomic mass is 9.96. The van der Waals surface area contributed by atoms with Crippen molar-refractivity contribution < 1.29 is 9.53 Å². The first-order valence-corrected chi connectivity index (χ1v) is 6.42. The minimum absolute atomic E-state index is 0.272. The van der Waals surface area contributed by atoms with E-state index < -0.39 is 5.60 Å². The first kappa shape index (κ1) is 13.3. The van der Waals surface area contributed by atoms with Crippen LogP contribution in [0, 0.1) is 5.92 Å². The van der Waals surface area contributed by atoms with Gasteiger partial charge in [-0.05, 0) is 46.0 Å². The lowest BCUT2D eigenvalue weighted by molar-refractivity contribution is 0.0484. The van der Waals surface area contributed by atoms with Gasteiger partial charge in [0.15, 0.2) is 0 Å². The molecule has 1 amide bonds. The average Bonchev–Trinajstić information content (AvgIpc) is 2.63. The third-order valence-electron chi connectivity index (χ3n) is 3.11. The molecule has 1 saturated carbocycles. The molecule has 0 saturated heterocycles. The molecule has 94 valence electrons. The van der Waals surface area contributed by atoms with Crippen LogP contribution in [-0.2, 0) is 4.74 Å². The maximum atomic E-state index is 11.7. The summed E-state index contributed by atoms with van der Waals surface area (Å²) in [5, 5.41) is 3.00. The zero-order chi connectivity index (χ0) is 12.2. The van der Waals surface area contributed by atoms with Gasteiger partial charge >= 0.3 is 6.09 Å². The van der Waals surface area contributed by atoms with E-state index in [1.54, 1.807) is 0 Å². The van der Waals surface area contributed by atoms with E-state index in [-0.39, 0.29) is 12.1 Å². The second-order valence-corrected chi connectivity index (χ2v) is 5.71. The van der Waals surface area contributed by atoms with Gasteiger partial charge in [0.1, 0.15) is 5.60 Å². The molecule has 1 unspecified atom stereocenters. The van der Waals surface area contributed by atoms with Gasteiger partial charge in [-0.2, -0.15) is 0 Å². The van der Waals surface area contributed by atoms with Gasteiger partial charge in [0.2, 0.25) is 0 Å². The Morgan fingerprint density at radius 1 is 1.38 bits per heavy atom. The summed E-state index contributed by atoms with van der Waals surface area (Å²) >= 11 is 0. The Labute approximate surface area is 98.9 Å². The minimum Gasteiger partial charge on any atom is -0.444 e. The molecular weight excluding hydrogens is 202 g/mol. The summed E-state index contributed by atoms with van der Waals surface area (Å²) in [6.07, 6.45) is 5.81. The Kier molecular flexibility index (Phi) is 4.63. The molecule has 1 N–H and O–H groups in total. The van der Waals surface area contributed by atoms with Crippen molar-refractivity contribution in [3.05, 3.63) is 0 Å². The predicted molar refractivity (Wildman–Crippen MR) is 65.4 cm³/mol. The summed E-state index contributed by atoms with van der Waals surface area (Å²) < 4.78 is 5.28. The summed E-state index contributed by atoms with van der Waals surface area (Å²) in [4.78, 5) is 11.7. The fourth-order valence-corrected chi connectivity index (χ4v) is 2.37. The van der Waals surface area contributed by atoms with Crippen LogP contribution in [0.15, 0.2) is 0 Å². The molecule has 1 aliphatic rings. The molecule has 1 rings (SSSR count). The van der Waals surface area contributed by atoms with Gasteiger partial charge in [-0.3, -0.25) is 0 Å². The Hall–Kier alpha value is -0.730. The van der Waals surface area contributed by atoms with Crippen LogP contribution in [0.25, 0.3) is 0 Å². The molecule has 0 aliphatic heterocycles. The summed E-state index contributed by atoms with van der Waals surface area (Å²) in [6, 6.07) is 0.289. The van der Waals surface area contributed by atoms with E-state index in [0.29, 0.717) is 5.92 Å². The van der Waals surface area contributed by atoms with Crippen LogP contribution in [-0.4, -0.2) is 17.7 Å². The van der Waals surface area contributed by atoms with E-state index in [1.165, 1.54) is 25.7 Å². The predicted octanol–water partition coefficient (Wildman–Crippen LogP) is 3.48. The first-order chi connectivity index (χ1) is 7.42. The highest BCUT2D eigenvalue weighted by atomic mass is 16.6. The summed E-state index contributed by atoms with van der Waals surface area (Å²) in [6.45, 7) is 7.80. The molecular formula is C13H25NO2. The number of ether oxygens (including phenoxy) is 1. The van der Waals surface area contributed by atoms with Gasteiger partial charge < -0.3 is 10.1 Å². The fraction of sp³-hybridized carbons (Fsp3) is 0.923. The molecule has 3 nitrogen and oxygen atoms in total. The van der Waals surface area contributed by atoms with Crippen molar-refractivity contribution in [1.82, 2.24) is 5.32 Å². The van der Waals surface area contributed by atoms with E-state index in [1.807, 2.05) is 20.8 Å². The van der Waals surface area contributed by atoms with E-state index in [9.17, 15) is 4.79 Å². The van der Waals surface area contributed by atoms with Crippen LogP contribution in [0.1, 0.15) is 59.8 Å². The van der Waals surface area contributed by atoms with Crippen LogP contribution in [0.4, 0.5) is 4.79 Å². The molecule has 1 aliphatic carbocycles. The van der Waals surface area contributed by atoms with Crippen LogP contribution >= 0.6 is 0 Å². The van der Waals surface area contributed by atoms with Crippen molar-refractivity contribution in [3.63, 3.8) is 0 Å². The number of carbonyl (C=O) groups excluding carboxylic acids is 1. The van der Waals surface area contributed by atoms with Crippen molar-refractivity contribution in [3.8, 4) is 0 Å². The quantitative estimate of drug-likeness (QED) is 0.801. The molecule has 1 fully saturated rings. The highest BCUT2D eigenvalue weighted by molar-refractivity contribution is 5.68. The lowest BCUT2D eigenvalue weighted by Crippen LogP contribution is -2.42. The molecule has 0 spiro atoms. The Morgan fingerprint density at radius 3 is 2.38 bits per heavy atom. The van der Waals surface area contributed by atoms with E-state index in [4.69, 9.17) is 4.74 Å². The smallest absolute Gasteiger partial charge is 0.407 e. The number of rotatable bonds is 3. The van der Waals surface area contributed by atoms with Gasteiger partial charge in [-0.1, -0.05) is 19.8 Å². The maximum Gasteiger partial charge on any atom is 0.407 e. The average molecular weight is 227 g/mol. The van der Waals surface area contributed by atoms with E-state index >= 15 is 0 Å². The summed E-state index contributed by atoms with van der Waals surface area (Å²) in [5.74, 6) is 0.650. The van der Waals surface area contributed by atoms with Crippen molar-refractivity contribution in [2.75, 3.05) is 0 Å². The Morgan fingerprint density at radius 2 is 1.94 bits per heavy atom. The third-order valence-corrected chi connectivity index (χ3v) is 3.11. The second-order valence-electron chi connectivity index (χ2n) is 5.71. The minimum atomic E-state index is -0.405. The van der Waals surface area contributed by atoms with E-state index in [0.717, 1.165) is 6.42 Å². The fourth-order valence-electron chi connectivity index (χ4n) is 2.37.